The molecular formula is C11H10BrN3O2S. The lowest BCUT2D eigenvalue weighted by Gasteiger charge is -2.04. The van der Waals surface area contributed by atoms with Crippen molar-refractivity contribution in [1.29, 1.82) is 0 Å². The van der Waals surface area contributed by atoms with Gasteiger partial charge in [-0.3, -0.25) is 5.32 Å². The highest BCUT2D eigenvalue weighted by molar-refractivity contribution is 9.10. The number of anilines is 1. The number of aromatic nitrogens is 2. The highest BCUT2D eigenvalue weighted by atomic mass is 79.9. The summed E-state index contributed by atoms with van der Waals surface area (Å²) in [5, 5.41) is 2.57. The van der Waals surface area contributed by atoms with Crippen molar-refractivity contribution in [2.75, 3.05) is 11.9 Å². The van der Waals surface area contributed by atoms with Gasteiger partial charge in [-0.05, 0) is 19.1 Å². The molecule has 0 spiro atoms. The van der Waals surface area contributed by atoms with E-state index in [1.807, 2.05) is 24.3 Å². The number of benzene rings is 1. The number of hydrogen-bond donors (Lipinski definition) is 1. The van der Waals surface area contributed by atoms with Gasteiger partial charge in [0.05, 0.1) is 18.3 Å². The summed E-state index contributed by atoms with van der Waals surface area (Å²) < 4.78 is 14.0. The van der Waals surface area contributed by atoms with Gasteiger partial charge in [-0.1, -0.05) is 28.1 Å². The van der Waals surface area contributed by atoms with Crippen molar-refractivity contribution in [2.24, 2.45) is 0 Å². The second-order valence-electron chi connectivity index (χ2n) is 3.31. The van der Waals surface area contributed by atoms with E-state index in [0.717, 1.165) is 21.8 Å². The summed E-state index contributed by atoms with van der Waals surface area (Å²) in [5.74, 6) is 0.417. The third-order valence-corrected chi connectivity index (χ3v) is 3.16. The fourth-order valence-corrected chi connectivity index (χ4v) is 2.12. The summed E-state index contributed by atoms with van der Waals surface area (Å²) in [5.41, 5.74) is 1.53. The Morgan fingerprint density at radius 1 is 1.39 bits per heavy atom. The predicted molar refractivity (Wildman–Crippen MR) is 73.7 cm³/mol. The van der Waals surface area contributed by atoms with Crippen LogP contribution in [0, 0.1) is 0 Å². The number of halogens is 1. The van der Waals surface area contributed by atoms with Crippen LogP contribution in [0.25, 0.3) is 11.3 Å². The molecule has 1 aromatic carbocycles. The van der Waals surface area contributed by atoms with Crippen molar-refractivity contribution in [3.8, 4) is 11.3 Å². The minimum atomic E-state index is -0.524. The normalized spacial score (nSPS) is 10.1. The smallest absolute Gasteiger partial charge is 0.412 e. The van der Waals surface area contributed by atoms with Crippen molar-refractivity contribution in [3.05, 3.63) is 28.7 Å². The Hall–Kier alpha value is -1.47. The Balaban J connectivity index is 2.22. The van der Waals surface area contributed by atoms with Gasteiger partial charge >= 0.3 is 6.09 Å². The van der Waals surface area contributed by atoms with Gasteiger partial charge in [0.15, 0.2) is 5.82 Å². The van der Waals surface area contributed by atoms with Gasteiger partial charge < -0.3 is 4.74 Å². The molecule has 1 aromatic heterocycles. The quantitative estimate of drug-likeness (QED) is 0.936. The molecule has 0 aliphatic heterocycles. The van der Waals surface area contributed by atoms with Crippen LogP contribution in [0.3, 0.4) is 0 Å². The molecule has 1 N–H and O–H groups in total. The SMILES string of the molecule is CCOC(=O)Nc1nsnc1-c1ccc(Br)cc1. The van der Waals surface area contributed by atoms with Gasteiger partial charge in [-0.15, -0.1) is 0 Å². The third kappa shape index (κ3) is 3.05. The molecule has 7 heteroatoms. The van der Waals surface area contributed by atoms with Crippen molar-refractivity contribution >= 4 is 39.6 Å². The monoisotopic (exact) mass is 327 g/mol. The Morgan fingerprint density at radius 2 is 2.11 bits per heavy atom. The molecule has 0 atom stereocenters. The van der Waals surface area contributed by atoms with E-state index < -0.39 is 6.09 Å². The predicted octanol–water partition coefficient (Wildman–Crippen LogP) is 3.54. The van der Waals surface area contributed by atoms with Crippen molar-refractivity contribution in [3.63, 3.8) is 0 Å². The van der Waals surface area contributed by atoms with E-state index >= 15 is 0 Å². The molecule has 0 saturated heterocycles. The van der Waals surface area contributed by atoms with Crippen LogP contribution in [-0.2, 0) is 4.74 Å². The molecule has 0 bridgehead atoms. The number of ether oxygens (including phenoxy) is 1. The Labute approximate surface area is 117 Å². The van der Waals surface area contributed by atoms with Crippen LogP contribution in [0.15, 0.2) is 28.7 Å². The minimum Gasteiger partial charge on any atom is -0.450 e. The first-order valence-corrected chi connectivity index (χ1v) is 6.75. The maximum Gasteiger partial charge on any atom is 0.412 e. The molecule has 0 saturated carbocycles. The fraction of sp³-hybridized carbons (Fsp3) is 0.182. The van der Waals surface area contributed by atoms with Gasteiger partial charge in [0.2, 0.25) is 0 Å². The number of rotatable bonds is 3. The maximum atomic E-state index is 11.3. The van der Waals surface area contributed by atoms with Crippen LogP contribution in [0.2, 0.25) is 0 Å². The molecule has 18 heavy (non-hydrogen) atoms. The zero-order chi connectivity index (χ0) is 13.0. The molecule has 2 rings (SSSR count). The molecule has 0 aliphatic rings. The van der Waals surface area contributed by atoms with Crippen molar-refractivity contribution in [1.82, 2.24) is 8.75 Å². The van der Waals surface area contributed by atoms with E-state index in [9.17, 15) is 4.79 Å². The summed E-state index contributed by atoms with van der Waals surface area (Å²) in [7, 11) is 0. The molecule has 0 aliphatic carbocycles. The molecule has 1 heterocycles. The number of carbonyl (C=O) groups excluding carboxylic acids is 1. The number of nitrogens with zero attached hydrogens (tertiary/aromatic N) is 2. The molecule has 0 radical (unpaired) electrons. The van der Waals surface area contributed by atoms with Crippen molar-refractivity contribution < 1.29 is 9.53 Å². The van der Waals surface area contributed by atoms with Crippen LogP contribution >= 0.6 is 27.7 Å². The second-order valence-corrected chi connectivity index (χ2v) is 4.76. The van der Waals surface area contributed by atoms with Crippen LogP contribution in [0.4, 0.5) is 10.6 Å². The Kier molecular flexibility index (Phi) is 4.27. The average molecular weight is 328 g/mol. The van der Waals surface area contributed by atoms with E-state index in [-0.39, 0.29) is 0 Å². The molecular weight excluding hydrogens is 318 g/mol. The van der Waals surface area contributed by atoms with E-state index in [2.05, 4.69) is 30.0 Å². The van der Waals surface area contributed by atoms with E-state index in [0.29, 0.717) is 18.1 Å². The standard InChI is InChI=1S/C11H10BrN3O2S/c1-2-17-11(16)13-10-9(14-18-15-10)7-3-5-8(12)6-4-7/h3-6H,2H2,1H3,(H,13,15,16). The summed E-state index contributed by atoms with van der Waals surface area (Å²) in [4.78, 5) is 11.3. The summed E-state index contributed by atoms with van der Waals surface area (Å²) in [6.45, 7) is 2.06. The highest BCUT2D eigenvalue weighted by Crippen LogP contribution is 2.27. The topological polar surface area (TPSA) is 64.1 Å². The first-order chi connectivity index (χ1) is 8.70. The van der Waals surface area contributed by atoms with E-state index in [4.69, 9.17) is 4.74 Å². The highest BCUT2D eigenvalue weighted by Gasteiger charge is 2.13. The first-order valence-electron chi connectivity index (χ1n) is 5.23. The Morgan fingerprint density at radius 3 is 2.78 bits per heavy atom. The second kappa shape index (κ2) is 5.92. The number of hydrogen-bond acceptors (Lipinski definition) is 5. The summed E-state index contributed by atoms with van der Waals surface area (Å²) in [6, 6.07) is 7.61. The lowest BCUT2D eigenvalue weighted by atomic mass is 10.1. The maximum absolute atomic E-state index is 11.3. The molecule has 5 nitrogen and oxygen atoms in total. The molecule has 94 valence electrons. The van der Waals surface area contributed by atoms with Gasteiger partial charge in [0.25, 0.3) is 0 Å². The first kappa shape index (κ1) is 13.0. The summed E-state index contributed by atoms with van der Waals surface area (Å²) >= 11 is 4.41. The van der Waals surface area contributed by atoms with Crippen LogP contribution in [0.1, 0.15) is 6.92 Å². The lowest BCUT2D eigenvalue weighted by Crippen LogP contribution is -2.14. The average Bonchev–Trinajstić information content (AvgIpc) is 2.78. The van der Waals surface area contributed by atoms with Gasteiger partial charge in [-0.25, -0.2) is 4.79 Å². The zero-order valence-corrected chi connectivity index (χ0v) is 11.9. The number of carbonyl (C=O) groups is 1. The lowest BCUT2D eigenvalue weighted by molar-refractivity contribution is 0.168. The fourth-order valence-electron chi connectivity index (χ4n) is 1.33. The van der Waals surface area contributed by atoms with Gasteiger partial charge in [-0.2, -0.15) is 8.75 Å². The van der Waals surface area contributed by atoms with E-state index in [1.54, 1.807) is 6.92 Å². The third-order valence-electron chi connectivity index (χ3n) is 2.10. The molecule has 0 fully saturated rings. The van der Waals surface area contributed by atoms with Gasteiger partial charge in [0.1, 0.15) is 5.69 Å². The zero-order valence-electron chi connectivity index (χ0n) is 9.51. The molecule has 0 unspecified atom stereocenters. The largest absolute Gasteiger partial charge is 0.450 e. The number of amides is 1. The summed E-state index contributed by atoms with van der Waals surface area (Å²) in [6.07, 6.45) is -0.524. The molecule has 2 aromatic rings. The van der Waals surface area contributed by atoms with Crippen LogP contribution < -0.4 is 5.32 Å². The molecule has 1 amide bonds. The van der Waals surface area contributed by atoms with Gasteiger partial charge in [0, 0.05) is 10.0 Å². The number of nitrogens with one attached hydrogen (secondary N) is 1. The Bertz CT molecular complexity index is 541. The van der Waals surface area contributed by atoms with Crippen LogP contribution in [-0.4, -0.2) is 21.4 Å². The minimum absolute atomic E-state index is 0.316. The van der Waals surface area contributed by atoms with Crippen molar-refractivity contribution in [2.45, 2.75) is 6.92 Å². The van der Waals surface area contributed by atoms with Crippen LogP contribution in [0.5, 0.6) is 0 Å². The van der Waals surface area contributed by atoms with E-state index in [1.165, 1.54) is 0 Å².